The van der Waals surface area contributed by atoms with Gasteiger partial charge in [0.15, 0.2) is 0 Å². The van der Waals surface area contributed by atoms with Crippen molar-refractivity contribution in [2.75, 3.05) is 7.11 Å². The molecule has 5 N–H and O–H groups in total. The molecule has 0 bridgehead atoms. The normalized spacial score (nSPS) is 12.0. The van der Waals surface area contributed by atoms with E-state index >= 15 is 0 Å². The second kappa shape index (κ2) is 9.20. The van der Waals surface area contributed by atoms with Gasteiger partial charge < -0.3 is 20.5 Å². The van der Waals surface area contributed by atoms with Crippen LogP contribution in [0.15, 0.2) is 48.5 Å². The molecule has 0 aromatic heterocycles. The number of nitrogens with one attached hydrogen (secondary N) is 2. The van der Waals surface area contributed by atoms with Gasteiger partial charge in [0.1, 0.15) is 24.1 Å². The van der Waals surface area contributed by atoms with Gasteiger partial charge in [-0.3, -0.25) is 14.8 Å². The summed E-state index contributed by atoms with van der Waals surface area (Å²) in [5, 5.41) is 11.4. The first-order valence-corrected chi connectivity index (χ1v) is 8.64. The summed E-state index contributed by atoms with van der Waals surface area (Å²) in [6.07, 6.45) is 0. The van der Waals surface area contributed by atoms with Gasteiger partial charge in [0.05, 0.1) is 7.11 Å². The van der Waals surface area contributed by atoms with Gasteiger partial charge in [-0.25, -0.2) is 5.48 Å². The van der Waals surface area contributed by atoms with Crippen molar-refractivity contribution in [3.63, 3.8) is 0 Å². The molecule has 2 amide bonds. The van der Waals surface area contributed by atoms with E-state index in [1.54, 1.807) is 45.2 Å². The highest BCUT2D eigenvalue weighted by Crippen LogP contribution is 2.17. The van der Waals surface area contributed by atoms with Crippen LogP contribution in [-0.2, 0) is 11.4 Å². The zero-order valence-corrected chi connectivity index (χ0v) is 16.1. The van der Waals surface area contributed by atoms with E-state index in [4.69, 9.17) is 20.4 Å². The molecule has 150 valence electrons. The molecule has 2 rings (SSSR count). The molecule has 8 nitrogen and oxygen atoms in total. The Hall–Kier alpha value is -3.10. The molecule has 0 fully saturated rings. The van der Waals surface area contributed by atoms with Gasteiger partial charge in [0, 0.05) is 11.1 Å². The SMILES string of the molecule is COc1cccc(COc2ccc(C(=O)N[C@H](C(=O)NO)C(C)(C)N)cc2)c1. The highest BCUT2D eigenvalue weighted by atomic mass is 16.5. The number of carbonyl (C=O) groups excluding carboxylic acids is 2. The van der Waals surface area contributed by atoms with Crippen molar-refractivity contribution < 1.29 is 24.3 Å². The maximum absolute atomic E-state index is 12.4. The Morgan fingerprint density at radius 3 is 2.39 bits per heavy atom. The molecular weight excluding hydrogens is 362 g/mol. The monoisotopic (exact) mass is 387 g/mol. The molecule has 8 heteroatoms. The van der Waals surface area contributed by atoms with Gasteiger partial charge >= 0.3 is 0 Å². The Morgan fingerprint density at radius 2 is 1.82 bits per heavy atom. The fourth-order valence-corrected chi connectivity index (χ4v) is 2.50. The predicted molar refractivity (Wildman–Crippen MR) is 103 cm³/mol. The lowest BCUT2D eigenvalue weighted by atomic mass is 9.95. The van der Waals surface area contributed by atoms with E-state index in [0.29, 0.717) is 17.9 Å². The number of hydrogen-bond acceptors (Lipinski definition) is 6. The molecule has 0 radical (unpaired) electrons. The van der Waals surface area contributed by atoms with Crippen molar-refractivity contribution in [1.82, 2.24) is 10.8 Å². The molecule has 28 heavy (non-hydrogen) atoms. The maximum atomic E-state index is 12.4. The quantitative estimate of drug-likeness (QED) is 0.403. The summed E-state index contributed by atoms with van der Waals surface area (Å²) in [4.78, 5) is 24.2. The minimum atomic E-state index is -1.10. The van der Waals surface area contributed by atoms with Gasteiger partial charge in [0.2, 0.25) is 0 Å². The Morgan fingerprint density at radius 1 is 1.14 bits per heavy atom. The summed E-state index contributed by atoms with van der Waals surface area (Å²) in [6.45, 7) is 3.49. The van der Waals surface area contributed by atoms with E-state index in [0.717, 1.165) is 11.3 Å². The lowest BCUT2D eigenvalue weighted by Crippen LogP contribution is -2.61. The van der Waals surface area contributed by atoms with Gasteiger partial charge in [-0.2, -0.15) is 0 Å². The van der Waals surface area contributed by atoms with E-state index in [-0.39, 0.29) is 0 Å². The summed E-state index contributed by atoms with van der Waals surface area (Å²) in [5.74, 6) is 0.0474. The molecule has 0 aliphatic rings. The number of nitrogens with two attached hydrogens (primary N) is 1. The Kier molecular flexibility index (Phi) is 6.97. The first-order chi connectivity index (χ1) is 13.2. The second-order valence-electron chi connectivity index (χ2n) is 6.87. The summed E-state index contributed by atoms with van der Waals surface area (Å²) in [7, 11) is 1.60. The van der Waals surface area contributed by atoms with Crippen LogP contribution in [0.5, 0.6) is 11.5 Å². The first-order valence-electron chi connectivity index (χ1n) is 8.64. The number of ether oxygens (including phenoxy) is 2. The van der Waals surface area contributed by atoms with Crippen molar-refractivity contribution in [2.24, 2.45) is 5.73 Å². The largest absolute Gasteiger partial charge is 0.497 e. The van der Waals surface area contributed by atoms with E-state index < -0.39 is 23.4 Å². The van der Waals surface area contributed by atoms with Crippen molar-refractivity contribution in [3.8, 4) is 11.5 Å². The number of rotatable bonds is 8. The molecule has 0 spiro atoms. The number of carbonyl (C=O) groups is 2. The number of amides is 2. The molecule has 0 unspecified atom stereocenters. The molecule has 0 heterocycles. The van der Waals surface area contributed by atoms with E-state index in [1.165, 1.54) is 5.48 Å². The van der Waals surface area contributed by atoms with Crippen molar-refractivity contribution >= 4 is 11.8 Å². The fourth-order valence-electron chi connectivity index (χ4n) is 2.50. The summed E-state index contributed by atoms with van der Waals surface area (Å²) < 4.78 is 10.9. The Bertz CT molecular complexity index is 815. The molecule has 0 saturated carbocycles. The first kappa shape index (κ1) is 21.2. The minimum absolute atomic E-state index is 0.328. The van der Waals surface area contributed by atoms with Crippen LogP contribution in [0.3, 0.4) is 0 Å². The zero-order chi connectivity index (χ0) is 20.7. The van der Waals surface area contributed by atoms with Crippen LogP contribution in [0.2, 0.25) is 0 Å². The van der Waals surface area contributed by atoms with Crippen LogP contribution in [0, 0.1) is 0 Å². The number of methoxy groups -OCH3 is 1. The van der Waals surface area contributed by atoms with Crippen LogP contribution in [0.1, 0.15) is 29.8 Å². The number of hydroxylamine groups is 1. The van der Waals surface area contributed by atoms with Crippen LogP contribution in [0.25, 0.3) is 0 Å². The standard InChI is InChI=1S/C20H25N3O5/c1-20(2,21)17(19(25)23-26)22-18(24)14-7-9-15(10-8-14)28-12-13-5-4-6-16(11-13)27-3/h4-11,17,26H,12,21H2,1-3H3,(H,22,24)(H,23,25)/t17-/m1/s1. The third kappa shape index (κ3) is 5.70. The Balaban J connectivity index is 2.00. The van der Waals surface area contributed by atoms with Gasteiger partial charge in [-0.1, -0.05) is 12.1 Å². The Labute approximate surface area is 163 Å². The molecule has 0 aliphatic heterocycles. The zero-order valence-electron chi connectivity index (χ0n) is 16.1. The van der Waals surface area contributed by atoms with Crippen molar-refractivity contribution in [1.29, 1.82) is 0 Å². The predicted octanol–water partition coefficient (Wildman–Crippen LogP) is 1.62. The van der Waals surface area contributed by atoms with E-state index in [9.17, 15) is 9.59 Å². The molecule has 2 aromatic carbocycles. The number of hydrogen-bond donors (Lipinski definition) is 4. The highest BCUT2D eigenvalue weighted by Gasteiger charge is 2.33. The fraction of sp³-hybridized carbons (Fsp3) is 0.300. The average Bonchev–Trinajstić information content (AvgIpc) is 2.69. The van der Waals surface area contributed by atoms with E-state index in [1.807, 2.05) is 24.3 Å². The highest BCUT2D eigenvalue weighted by molar-refractivity contribution is 5.97. The minimum Gasteiger partial charge on any atom is -0.497 e. The molecule has 1 atom stereocenters. The average molecular weight is 387 g/mol. The summed E-state index contributed by atoms with van der Waals surface area (Å²) in [5.41, 5.74) is 7.63. The lowest BCUT2D eigenvalue weighted by Gasteiger charge is -2.29. The second-order valence-corrected chi connectivity index (χ2v) is 6.87. The number of benzene rings is 2. The smallest absolute Gasteiger partial charge is 0.267 e. The lowest BCUT2D eigenvalue weighted by molar-refractivity contribution is -0.132. The third-order valence-corrected chi connectivity index (χ3v) is 4.05. The van der Waals surface area contributed by atoms with Crippen molar-refractivity contribution in [3.05, 3.63) is 59.7 Å². The van der Waals surface area contributed by atoms with Gasteiger partial charge in [-0.05, 0) is 55.8 Å². The third-order valence-electron chi connectivity index (χ3n) is 4.05. The van der Waals surface area contributed by atoms with Crippen LogP contribution >= 0.6 is 0 Å². The summed E-state index contributed by atoms with van der Waals surface area (Å²) >= 11 is 0. The van der Waals surface area contributed by atoms with Gasteiger partial charge in [0.25, 0.3) is 11.8 Å². The molecule has 0 aliphatic carbocycles. The van der Waals surface area contributed by atoms with Crippen LogP contribution in [-0.4, -0.2) is 35.7 Å². The van der Waals surface area contributed by atoms with E-state index in [2.05, 4.69) is 5.32 Å². The molecule has 0 saturated heterocycles. The van der Waals surface area contributed by atoms with Gasteiger partial charge in [-0.15, -0.1) is 0 Å². The summed E-state index contributed by atoms with van der Waals surface area (Å²) in [6, 6.07) is 12.9. The molecule has 2 aromatic rings. The van der Waals surface area contributed by atoms with Crippen LogP contribution in [0.4, 0.5) is 0 Å². The topological polar surface area (TPSA) is 123 Å². The molecular formula is C20H25N3O5. The van der Waals surface area contributed by atoms with Crippen LogP contribution < -0.4 is 26.0 Å². The van der Waals surface area contributed by atoms with Crippen molar-refractivity contribution in [2.45, 2.75) is 32.0 Å². The maximum Gasteiger partial charge on any atom is 0.267 e.